The van der Waals surface area contributed by atoms with E-state index in [1.165, 1.54) is 12.1 Å². The van der Waals surface area contributed by atoms with Crippen LogP contribution in [-0.4, -0.2) is 16.8 Å². The standard InChI is InChI=1S/C14H15F3N2O2/c1-9-5-12(19-21-9)7-18-8-13(20)10-3-2-4-11(6-10)14(15,16)17/h2-6,13,18,20H,7-8H2,1H3. The summed E-state index contributed by atoms with van der Waals surface area (Å²) < 4.78 is 42.7. The van der Waals surface area contributed by atoms with Crippen LogP contribution >= 0.6 is 0 Å². The van der Waals surface area contributed by atoms with Crippen molar-refractivity contribution in [2.75, 3.05) is 6.54 Å². The summed E-state index contributed by atoms with van der Waals surface area (Å²) in [5.41, 5.74) is 0.114. The van der Waals surface area contributed by atoms with E-state index in [4.69, 9.17) is 4.52 Å². The van der Waals surface area contributed by atoms with Crippen LogP contribution in [0.5, 0.6) is 0 Å². The highest BCUT2D eigenvalue weighted by molar-refractivity contribution is 5.27. The van der Waals surface area contributed by atoms with E-state index in [2.05, 4.69) is 10.5 Å². The molecule has 1 aromatic carbocycles. The highest BCUT2D eigenvalue weighted by Crippen LogP contribution is 2.30. The molecule has 1 atom stereocenters. The third kappa shape index (κ3) is 4.30. The van der Waals surface area contributed by atoms with Gasteiger partial charge in [-0.2, -0.15) is 13.2 Å². The van der Waals surface area contributed by atoms with Gasteiger partial charge in [0.2, 0.25) is 0 Å². The number of hydrogen-bond acceptors (Lipinski definition) is 4. The Kier molecular flexibility index (Phi) is 4.64. The van der Waals surface area contributed by atoms with Crippen LogP contribution in [0.3, 0.4) is 0 Å². The van der Waals surface area contributed by atoms with Crippen molar-refractivity contribution >= 4 is 0 Å². The van der Waals surface area contributed by atoms with E-state index in [-0.39, 0.29) is 12.1 Å². The molecule has 2 aromatic rings. The predicted molar refractivity (Wildman–Crippen MR) is 69.4 cm³/mol. The minimum absolute atomic E-state index is 0.118. The third-order valence-corrected chi connectivity index (χ3v) is 2.92. The Morgan fingerprint density at radius 2 is 2.10 bits per heavy atom. The van der Waals surface area contributed by atoms with Gasteiger partial charge in [-0.25, -0.2) is 0 Å². The van der Waals surface area contributed by atoms with Crippen LogP contribution in [0.4, 0.5) is 13.2 Å². The van der Waals surface area contributed by atoms with Gasteiger partial charge in [0.05, 0.1) is 17.4 Å². The molecule has 4 nitrogen and oxygen atoms in total. The first-order chi connectivity index (χ1) is 9.86. The van der Waals surface area contributed by atoms with Crippen molar-refractivity contribution in [3.05, 3.63) is 52.9 Å². The summed E-state index contributed by atoms with van der Waals surface area (Å²) in [4.78, 5) is 0. The van der Waals surface area contributed by atoms with Gasteiger partial charge in [0.15, 0.2) is 0 Å². The van der Waals surface area contributed by atoms with Crippen molar-refractivity contribution in [2.24, 2.45) is 0 Å². The summed E-state index contributed by atoms with van der Waals surface area (Å²) in [5.74, 6) is 0.672. The molecule has 0 aliphatic carbocycles. The molecule has 0 bridgehead atoms. The summed E-state index contributed by atoms with van der Waals surface area (Å²) in [7, 11) is 0. The van der Waals surface area contributed by atoms with Crippen LogP contribution in [0.2, 0.25) is 0 Å². The fourth-order valence-electron chi connectivity index (χ4n) is 1.88. The Hall–Kier alpha value is -1.86. The minimum Gasteiger partial charge on any atom is -0.387 e. The first-order valence-electron chi connectivity index (χ1n) is 6.34. The Morgan fingerprint density at radius 3 is 2.71 bits per heavy atom. The molecule has 1 heterocycles. The van der Waals surface area contributed by atoms with E-state index in [0.717, 1.165) is 12.1 Å². The maximum atomic E-state index is 12.6. The summed E-state index contributed by atoms with van der Waals surface area (Å²) in [6.45, 7) is 2.24. The molecule has 0 saturated carbocycles. The molecule has 114 valence electrons. The second-order valence-electron chi connectivity index (χ2n) is 4.70. The number of halogens is 3. The lowest BCUT2D eigenvalue weighted by Gasteiger charge is -2.14. The van der Waals surface area contributed by atoms with Gasteiger partial charge in [0.25, 0.3) is 0 Å². The van der Waals surface area contributed by atoms with Crippen molar-refractivity contribution in [2.45, 2.75) is 25.7 Å². The van der Waals surface area contributed by atoms with Crippen LogP contribution in [0.25, 0.3) is 0 Å². The molecular weight excluding hydrogens is 285 g/mol. The molecule has 1 unspecified atom stereocenters. The molecule has 21 heavy (non-hydrogen) atoms. The molecule has 0 aliphatic heterocycles. The van der Waals surface area contributed by atoms with Gasteiger partial charge in [-0.15, -0.1) is 0 Å². The highest BCUT2D eigenvalue weighted by Gasteiger charge is 2.30. The zero-order chi connectivity index (χ0) is 15.5. The maximum Gasteiger partial charge on any atom is 0.416 e. The highest BCUT2D eigenvalue weighted by atomic mass is 19.4. The van der Waals surface area contributed by atoms with Gasteiger partial charge in [-0.05, 0) is 24.6 Å². The first kappa shape index (κ1) is 15.5. The second kappa shape index (κ2) is 6.28. The van der Waals surface area contributed by atoms with Crippen molar-refractivity contribution < 1.29 is 22.8 Å². The normalized spacial score (nSPS) is 13.4. The van der Waals surface area contributed by atoms with Crippen molar-refractivity contribution in [1.82, 2.24) is 10.5 Å². The molecule has 0 spiro atoms. The smallest absolute Gasteiger partial charge is 0.387 e. The van der Waals surface area contributed by atoms with E-state index in [1.54, 1.807) is 13.0 Å². The van der Waals surface area contributed by atoms with Gasteiger partial charge in [0.1, 0.15) is 5.76 Å². The van der Waals surface area contributed by atoms with Crippen LogP contribution in [0, 0.1) is 6.92 Å². The number of aromatic nitrogens is 1. The van der Waals surface area contributed by atoms with E-state index in [9.17, 15) is 18.3 Å². The molecule has 0 saturated heterocycles. The second-order valence-corrected chi connectivity index (χ2v) is 4.70. The van der Waals surface area contributed by atoms with Gasteiger partial charge in [-0.3, -0.25) is 0 Å². The fraction of sp³-hybridized carbons (Fsp3) is 0.357. The predicted octanol–water partition coefficient (Wildman–Crippen LogP) is 2.83. The zero-order valence-corrected chi connectivity index (χ0v) is 11.3. The third-order valence-electron chi connectivity index (χ3n) is 2.92. The van der Waals surface area contributed by atoms with Crippen LogP contribution < -0.4 is 5.32 Å². The molecule has 2 rings (SSSR count). The van der Waals surface area contributed by atoms with E-state index in [1.807, 2.05) is 0 Å². The van der Waals surface area contributed by atoms with E-state index in [0.29, 0.717) is 18.0 Å². The van der Waals surface area contributed by atoms with Crippen molar-refractivity contribution in [3.8, 4) is 0 Å². The van der Waals surface area contributed by atoms with Gasteiger partial charge < -0.3 is 14.9 Å². The Morgan fingerprint density at radius 1 is 1.33 bits per heavy atom. The quantitative estimate of drug-likeness (QED) is 0.891. The molecule has 1 aromatic heterocycles. The molecular formula is C14H15F3N2O2. The SMILES string of the molecule is Cc1cc(CNCC(O)c2cccc(C(F)(F)F)c2)no1. The van der Waals surface area contributed by atoms with E-state index >= 15 is 0 Å². The van der Waals surface area contributed by atoms with Gasteiger partial charge in [-0.1, -0.05) is 17.3 Å². The number of aryl methyl sites for hydroxylation is 1. The number of alkyl halides is 3. The lowest BCUT2D eigenvalue weighted by atomic mass is 10.1. The fourth-order valence-corrected chi connectivity index (χ4v) is 1.88. The minimum atomic E-state index is -4.42. The summed E-state index contributed by atoms with van der Waals surface area (Å²) in [5, 5.41) is 16.6. The topological polar surface area (TPSA) is 58.3 Å². The number of benzene rings is 1. The average Bonchev–Trinajstić information content (AvgIpc) is 2.83. The van der Waals surface area contributed by atoms with Crippen LogP contribution in [0.15, 0.2) is 34.9 Å². The Bertz CT molecular complexity index is 596. The molecule has 2 N–H and O–H groups in total. The molecule has 7 heteroatoms. The van der Waals surface area contributed by atoms with E-state index < -0.39 is 17.8 Å². The first-order valence-corrected chi connectivity index (χ1v) is 6.34. The Balaban J connectivity index is 1.92. The number of aliphatic hydroxyl groups excluding tert-OH is 1. The van der Waals surface area contributed by atoms with Gasteiger partial charge in [0, 0.05) is 19.2 Å². The lowest BCUT2D eigenvalue weighted by molar-refractivity contribution is -0.137. The monoisotopic (exact) mass is 300 g/mol. The number of aliphatic hydroxyl groups is 1. The zero-order valence-electron chi connectivity index (χ0n) is 11.3. The Labute approximate surface area is 119 Å². The lowest BCUT2D eigenvalue weighted by Crippen LogP contribution is -2.21. The van der Waals surface area contributed by atoms with Gasteiger partial charge >= 0.3 is 6.18 Å². The summed E-state index contributed by atoms with van der Waals surface area (Å²) >= 11 is 0. The largest absolute Gasteiger partial charge is 0.416 e. The van der Waals surface area contributed by atoms with Crippen molar-refractivity contribution in [3.63, 3.8) is 0 Å². The number of nitrogens with zero attached hydrogens (tertiary/aromatic N) is 1. The molecule has 0 amide bonds. The maximum absolute atomic E-state index is 12.6. The number of hydrogen-bond donors (Lipinski definition) is 2. The van der Waals surface area contributed by atoms with Crippen LogP contribution in [0.1, 0.15) is 28.7 Å². The van der Waals surface area contributed by atoms with Crippen molar-refractivity contribution in [1.29, 1.82) is 0 Å². The molecule has 0 radical (unpaired) electrons. The van der Waals surface area contributed by atoms with Crippen LogP contribution in [-0.2, 0) is 12.7 Å². The number of rotatable bonds is 5. The summed E-state index contributed by atoms with van der Waals surface area (Å²) in [6.07, 6.45) is -5.44. The molecule has 0 aliphatic rings. The molecule has 0 fully saturated rings. The average molecular weight is 300 g/mol. The number of nitrogens with one attached hydrogen (secondary N) is 1. The summed E-state index contributed by atoms with van der Waals surface area (Å²) in [6, 6.07) is 6.41.